The van der Waals surface area contributed by atoms with E-state index >= 15 is 0 Å². The molecule has 22 heavy (non-hydrogen) atoms. The Morgan fingerprint density at radius 1 is 1.14 bits per heavy atom. The van der Waals surface area contributed by atoms with E-state index in [1.165, 1.54) is 0 Å². The molecule has 4 aromatic rings. The van der Waals surface area contributed by atoms with E-state index in [0.717, 1.165) is 26.9 Å². The van der Waals surface area contributed by atoms with Gasteiger partial charge in [0.05, 0.1) is 18.1 Å². The van der Waals surface area contributed by atoms with Crippen LogP contribution in [0.25, 0.3) is 16.9 Å². The molecule has 0 bridgehead atoms. The fourth-order valence-electron chi connectivity index (χ4n) is 2.29. The molecule has 7 nitrogen and oxygen atoms in total. The molecule has 0 unspecified atom stereocenters. The number of aromatic nitrogens is 6. The van der Waals surface area contributed by atoms with E-state index in [-0.39, 0.29) is 0 Å². The van der Waals surface area contributed by atoms with Crippen LogP contribution in [0, 0.1) is 6.92 Å². The highest BCUT2D eigenvalue weighted by Crippen LogP contribution is 2.26. The maximum atomic E-state index is 4.48. The van der Waals surface area contributed by atoms with E-state index in [9.17, 15) is 0 Å². The zero-order chi connectivity index (χ0) is 15.1. The fourth-order valence-corrected chi connectivity index (χ4v) is 2.95. The highest BCUT2D eigenvalue weighted by atomic mass is 32.1. The Kier molecular flexibility index (Phi) is 2.90. The molecular formula is C14H13N7S. The molecule has 4 aromatic heterocycles. The molecule has 8 heteroatoms. The number of nitrogens with zero attached hydrogens (tertiary/aromatic N) is 6. The minimum absolute atomic E-state index is 0.687. The van der Waals surface area contributed by atoms with Crippen molar-refractivity contribution < 1.29 is 0 Å². The lowest BCUT2D eigenvalue weighted by Gasteiger charge is -2.04. The fraction of sp³-hybridized carbons (Fsp3) is 0.143. The predicted molar refractivity (Wildman–Crippen MR) is 85.3 cm³/mol. The number of hydrogen-bond donors (Lipinski definition) is 1. The van der Waals surface area contributed by atoms with Gasteiger partial charge >= 0.3 is 0 Å². The van der Waals surface area contributed by atoms with Crippen LogP contribution in [0.5, 0.6) is 0 Å². The zero-order valence-electron chi connectivity index (χ0n) is 12.1. The second-order valence-electron chi connectivity index (χ2n) is 4.92. The van der Waals surface area contributed by atoms with Gasteiger partial charge in [0, 0.05) is 42.3 Å². The van der Waals surface area contributed by atoms with E-state index in [2.05, 4.69) is 25.4 Å². The SMILES string of the molecule is Cc1cnc(Nc2nccn3c(-c4cnn(C)c4)cnc23)s1. The molecule has 4 rings (SSSR count). The predicted octanol–water partition coefficient (Wildman–Crippen LogP) is 2.64. The van der Waals surface area contributed by atoms with Crippen LogP contribution in [0.3, 0.4) is 0 Å². The molecule has 0 aliphatic carbocycles. The molecule has 0 aromatic carbocycles. The number of hydrogen-bond acceptors (Lipinski definition) is 6. The van der Waals surface area contributed by atoms with Crippen LogP contribution in [-0.4, -0.2) is 29.1 Å². The topological polar surface area (TPSA) is 72.9 Å². The largest absolute Gasteiger partial charge is 0.313 e. The van der Waals surface area contributed by atoms with Crippen molar-refractivity contribution in [2.75, 3.05) is 5.32 Å². The zero-order valence-corrected chi connectivity index (χ0v) is 12.9. The molecule has 0 aliphatic rings. The van der Waals surface area contributed by atoms with Gasteiger partial charge in [0.1, 0.15) is 0 Å². The number of imidazole rings is 1. The highest BCUT2D eigenvalue weighted by molar-refractivity contribution is 7.15. The van der Waals surface area contributed by atoms with Gasteiger partial charge in [-0.2, -0.15) is 5.10 Å². The number of anilines is 2. The Bertz CT molecular complexity index is 949. The van der Waals surface area contributed by atoms with Crippen LogP contribution in [0.15, 0.2) is 37.2 Å². The van der Waals surface area contributed by atoms with Crippen LogP contribution < -0.4 is 5.32 Å². The second kappa shape index (κ2) is 4.92. The van der Waals surface area contributed by atoms with Crippen LogP contribution in [0.4, 0.5) is 10.9 Å². The van der Waals surface area contributed by atoms with E-state index in [1.54, 1.807) is 22.2 Å². The molecule has 0 saturated carbocycles. The molecule has 0 saturated heterocycles. The molecule has 0 aliphatic heterocycles. The van der Waals surface area contributed by atoms with Crippen molar-refractivity contribution in [2.45, 2.75) is 6.92 Å². The summed E-state index contributed by atoms with van der Waals surface area (Å²) in [5.74, 6) is 0.687. The Morgan fingerprint density at radius 3 is 2.77 bits per heavy atom. The first-order chi connectivity index (χ1) is 10.7. The van der Waals surface area contributed by atoms with Crippen LogP contribution >= 0.6 is 11.3 Å². The molecule has 4 heterocycles. The average molecular weight is 311 g/mol. The molecule has 110 valence electrons. The van der Waals surface area contributed by atoms with Crippen molar-refractivity contribution in [1.29, 1.82) is 0 Å². The molecule has 1 N–H and O–H groups in total. The van der Waals surface area contributed by atoms with Crippen molar-refractivity contribution in [3.05, 3.63) is 42.1 Å². The lowest BCUT2D eigenvalue weighted by Crippen LogP contribution is -1.98. The molecule has 0 spiro atoms. The summed E-state index contributed by atoms with van der Waals surface area (Å²) in [4.78, 5) is 14.3. The molecule has 0 amide bonds. The average Bonchev–Trinajstić information content (AvgIpc) is 3.19. The Balaban J connectivity index is 1.79. The van der Waals surface area contributed by atoms with Crippen molar-refractivity contribution in [3.8, 4) is 11.3 Å². The standard InChI is InChI=1S/C14H13N7S/c1-9-5-17-14(22-9)19-12-13-16-7-11(21(13)4-3-15-12)10-6-18-20(2)8-10/h3-8H,1-2H3,(H,15,17,19). The monoisotopic (exact) mass is 311 g/mol. The van der Waals surface area contributed by atoms with Gasteiger partial charge in [-0.1, -0.05) is 0 Å². The van der Waals surface area contributed by atoms with Crippen molar-refractivity contribution in [2.24, 2.45) is 7.05 Å². The smallest absolute Gasteiger partial charge is 0.188 e. The summed E-state index contributed by atoms with van der Waals surface area (Å²) >= 11 is 1.59. The van der Waals surface area contributed by atoms with Crippen molar-refractivity contribution in [3.63, 3.8) is 0 Å². The van der Waals surface area contributed by atoms with Gasteiger partial charge < -0.3 is 5.32 Å². The highest BCUT2D eigenvalue weighted by Gasteiger charge is 2.12. The summed E-state index contributed by atoms with van der Waals surface area (Å²) in [7, 11) is 1.89. The maximum absolute atomic E-state index is 4.48. The van der Waals surface area contributed by atoms with E-state index in [1.807, 2.05) is 49.4 Å². The summed E-state index contributed by atoms with van der Waals surface area (Å²) in [5, 5.41) is 8.25. The molecular weight excluding hydrogens is 298 g/mol. The van der Waals surface area contributed by atoms with Crippen LogP contribution in [0.1, 0.15) is 4.88 Å². The Labute approximate surface area is 130 Å². The third kappa shape index (κ3) is 2.13. The number of fused-ring (bicyclic) bond motifs is 1. The van der Waals surface area contributed by atoms with Crippen molar-refractivity contribution in [1.82, 2.24) is 29.1 Å². The van der Waals surface area contributed by atoms with Gasteiger partial charge in [-0.3, -0.25) is 9.08 Å². The van der Waals surface area contributed by atoms with E-state index < -0.39 is 0 Å². The van der Waals surface area contributed by atoms with Gasteiger partial charge in [0.25, 0.3) is 0 Å². The summed E-state index contributed by atoms with van der Waals surface area (Å²) < 4.78 is 3.76. The lowest BCUT2D eigenvalue weighted by atomic mass is 10.3. The third-order valence-corrected chi connectivity index (χ3v) is 4.10. The molecule has 0 atom stereocenters. The quantitative estimate of drug-likeness (QED) is 0.629. The lowest BCUT2D eigenvalue weighted by molar-refractivity contribution is 0.768. The number of nitrogens with one attached hydrogen (secondary N) is 1. The van der Waals surface area contributed by atoms with Gasteiger partial charge in [-0.25, -0.2) is 15.0 Å². The Hall–Kier alpha value is -2.74. The number of rotatable bonds is 3. The van der Waals surface area contributed by atoms with E-state index in [4.69, 9.17) is 0 Å². The first kappa shape index (κ1) is 13.0. The van der Waals surface area contributed by atoms with Crippen LogP contribution in [-0.2, 0) is 7.05 Å². The van der Waals surface area contributed by atoms with Gasteiger partial charge in [0.2, 0.25) is 0 Å². The summed E-state index contributed by atoms with van der Waals surface area (Å²) in [6, 6.07) is 0. The van der Waals surface area contributed by atoms with E-state index in [0.29, 0.717) is 5.82 Å². The Morgan fingerprint density at radius 2 is 2.05 bits per heavy atom. The summed E-state index contributed by atoms with van der Waals surface area (Å²) in [6.45, 7) is 2.02. The number of thiazole rings is 1. The summed E-state index contributed by atoms with van der Waals surface area (Å²) in [5.41, 5.74) is 2.75. The molecule has 0 radical (unpaired) electrons. The third-order valence-electron chi connectivity index (χ3n) is 3.28. The minimum Gasteiger partial charge on any atom is -0.313 e. The number of aryl methyl sites for hydroxylation is 2. The normalized spacial score (nSPS) is 11.2. The van der Waals surface area contributed by atoms with Crippen molar-refractivity contribution >= 4 is 27.9 Å². The van der Waals surface area contributed by atoms with Crippen LogP contribution in [0.2, 0.25) is 0 Å². The van der Waals surface area contributed by atoms with Gasteiger partial charge in [-0.15, -0.1) is 11.3 Å². The minimum atomic E-state index is 0.687. The van der Waals surface area contributed by atoms with Gasteiger partial charge in [-0.05, 0) is 6.92 Å². The van der Waals surface area contributed by atoms with Gasteiger partial charge in [0.15, 0.2) is 16.6 Å². The maximum Gasteiger partial charge on any atom is 0.188 e. The second-order valence-corrected chi connectivity index (χ2v) is 6.15. The molecule has 0 fully saturated rings. The first-order valence-electron chi connectivity index (χ1n) is 6.71. The summed E-state index contributed by atoms with van der Waals surface area (Å²) in [6.07, 6.45) is 11.1. The first-order valence-corrected chi connectivity index (χ1v) is 7.53.